The van der Waals surface area contributed by atoms with E-state index in [-0.39, 0.29) is 24.9 Å². The zero-order chi connectivity index (χ0) is 44.5. The number of aliphatic hydroxyl groups excluding tert-OH is 2. The largest absolute Gasteiger partial charge is 0.462 e. The fourth-order valence-electron chi connectivity index (χ4n) is 8.42. The Labute approximate surface area is 380 Å². The smallest absolute Gasteiger partial charge is 0.306 e. The fourth-order valence-corrected chi connectivity index (χ4v) is 8.42. The molecule has 0 saturated carbocycles. The quantitative estimate of drug-likeness (QED) is 0.0322. The van der Waals surface area contributed by atoms with Gasteiger partial charge in [0.05, 0.1) is 25.2 Å². The van der Waals surface area contributed by atoms with Gasteiger partial charge in [-0.1, -0.05) is 251 Å². The van der Waals surface area contributed by atoms with Crippen molar-refractivity contribution in [2.24, 2.45) is 0 Å². The van der Waals surface area contributed by atoms with E-state index in [1.165, 1.54) is 193 Å². The van der Waals surface area contributed by atoms with E-state index in [0.717, 1.165) is 51.4 Å². The molecule has 0 aromatic carbocycles. The van der Waals surface area contributed by atoms with Gasteiger partial charge in [-0.25, -0.2) is 0 Å². The van der Waals surface area contributed by atoms with E-state index in [4.69, 9.17) is 4.74 Å². The first-order chi connectivity index (χ1) is 30.0. The van der Waals surface area contributed by atoms with Crippen LogP contribution >= 0.6 is 0 Å². The number of unbranched alkanes of at least 4 members (excludes halogenated alkanes) is 34. The van der Waals surface area contributed by atoms with Crippen LogP contribution in [0.3, 0.4) is 0 Å². The third kappa shape index (κ3) is 44.7. The average Bonchev–Trinajstić information content (AvgIpc) is 3.25. The highest BCUT2D eigenvalue weighted by Gasteiger charge is 2.24. The molecular weight excluding hydrogens is 755 g/mol. The number of carbonyl (C=O) groups is 2. The molecule has 3 unspecified atom stereocenters. The minimum atomic E-state index is -0.785. The third-order valence-corrected chi connectivity index (χ3v) is 12.6. The summed E-state index contributed by atoms with van der Waals surface area (Å²) in [6.07, 6.45) is 56.6. The number of hydrogen-bond donors (Lipinski definition) is 3. The number of hydrogen-bond acceptors (Lipinski definition) is 5. The number of allylic oxidation sites excluding steroid dienone is 4. The second-order valence-electron chi connectivity index (χ2n) is 18.7. The molecule has 0 bridgehead atoms. The lowest BCUT2D eigenvalue weighted by Gasteiger charge is -2.24. The van der Waals surface area contributed by atoms with Gasteiger partial charge >= 0.3 is 5.97 Å². The van der Waals surface area contributed by atoms with E-state index in [2.05, 4.69) is 50.4 Å². The summed E-state index contributed by atoms with van der Waals surface area (Å²) in [5.74, 6) is -0.471. The molecule has 61 heavy (non-hydrogen) atoms. The molecule has 0 spiro atoms. The Balaban J connectivity index is 4.56. The van der Waals surface area contributed by atoms with Crippen molar-refractivity contribution in [3.8, 4) is 0 Å². The number of ether oxygens (including phenoxy) is 1. The predicted molar refractivity (Wildman–Crippen MR) is 264 cm³/mol. The van der Waals surface area contributed by atoms with Crippen LogP contribution < -0.4 is 5.32 Å². The van der Waals surface area contributed by atoms with Crippen LogP contribution in [-0.2, 0) is 14.3 Å². The molecule has 0 fully saturated rings. The van der Waals surface area contributed by atoms with Gasteiger partial charge in [0.2, 0.25) is 5.91 Å². The van der Waals surface area contributed by atoms with Crippen molar-refractivity contribution in [1.82, 2.24) is 5.32 Å². The normalized spacial score (nSPS) is 13.3. The Bertz CT molecular complexity index is 966. The SMILES string of the molecule is CCCCC/C=C/C=C/CCCCCCCCC(=O)OC(CCCCCCCCCCCCCCCCCC)CC(=O)NC(CO)C(O)CCCCCCCCCCCCC. The summed E-state index contributed by atoms with van der Waals surface area (Å²) in [5, 5.41) is 23.8. The van der Waals surface area contributed by atoms with E-state index in [9.17, 15) is 19.8 Å². The zero-order valence-corrected chi connectivity index (χ0v) is 41.1. The maximum absolute atomic E-state index is 13.2. The van der Waals surface area contributed by atoms with Gasteiger partial charge in [-0.2, -0.15) is 0 Å². The molecule has 6 heteroatoms. The second kappa shape index (κ2) is 49.4. The van der Waals surface area contributed by atoms with Crippen LogP contribution in [0.25, 0.3) is 0 Å². The monoisotopic (exact) mass is 860 g/mol. The van der Waals surface area contributed by atoms with E-state index in [0.29, 0.717) is 19.3 Å². The number of aliphatic hydroxyl groups is 2. The van der Waals surface area contributed by atoms with Crippen molar-refractivity contribution in [2.45, 2.75) is 309 Å². The lowest BCUT2D eigenvalue weighted by molar-refractivity contribution is -0.151. The molecule has 0 aromatic heterocycles. The summed E-state index contributed by atoms with van der Waals surface area (Å²) in [7, 11) is 0. The van der Waals surface area contributed by atoms with E-state index >= 15 is 0 Å². The predicted octanol–water partition coefficient (Wildman–Crippen LogP) is 16.3. The molecule has 0 aliphatic rings. The zero-order valence-electron chi connectivity index (χ0n) is 41.1. The third-order valence-electron chi connectivity index (χ3n) is 12.6. The Morgan fingerprint density at radius 3 is 1.25 bits per heavy atom. The number of nitrogens with one attached hydrogen (secondary N) is 1. The van der Waals surface area contributed by atoms with Crippen molar-refractivity contribution in [3.05, 3.63) is 24.3 Å². The summed E-state index contributed by atoms with van der Waals surface area (Å²) >= 11 is 0. The van der Waals surface area contributed by atoms with Crippen LogP contribution in [0.2, 0.25) is 0 Å². The van der Waals surface area contributed by atoms with Gasteiger partial charge in [0.1, 0.15) is 6.10 Å². The maximum Gasteiger partial charge on any atom is 0.306 e. The number of amides is 1. The molecule has 0 radical (unpaired) electrons. The van der Waals surface area contributed by atoms with Crippen molar-refractivity contribution in [1.29, 1.82) is 0 Å². The van der Waals surface area contributed by atoms with Crippen molar-refractivity contribution < 1.29 is 24.5 Å². The summed E-state index contributed by atoms with van der Waals surface area (Å²) < 4.78 is 5.95. The number of rotatable bonds is 49. The second-order valence-corrected chi connectivity index (χ2v) is 18.7. The van der Waals surface area contributed by atoms with E-state index in [1.54, 1.807) is 0 Å². The van der Waals surface area contributed by atoms with E-state index < -0.39 is 18.2 Å². The Morgan fingerprint density at radius 2 is 0.820 bits per heavy atom. The van der Waals surface area contributed by atoms with Crippen LogP contribution in [0.15, 0.2) is 24.3 Å². The molecule has 3 N–H and O–H groups in total. The van der Waals surface area contributed by atoms with Crippen LogP contribution in [0.5, 0.6) is 0 Å². The van der Waals surface area contributed by atoms with Crippen molar-refractivity contribution >= 4 is 11.9 Å². The van der Waals surface area contributed by atoms with Gasteiger partial charge in [-0.3, -0.25) is 9.59 Å². The van der Waals surface area contributed by atoms with Gasteiger partial charge in [-0.15, -0.1) is 0 Å². The summed E-state index contributed by atoms with van der Waals surface area (Å²) in [5.41, 5.74) is 0. The highest BCUT2D eigenvalue weighted by Crippen LogP contribution is 2.19. The Morgan fingerprint density at radius 1 is 0.475 bits per heavy atom. The fraction of sp³-hybridized carbons (Fsp3) is 0.891. The molecule has 360 valence electrons. The van der Waals surface area contributed by atoms with Gasteiger partial charge in [0.15, 0.2) is 0 Å². The standard InChI is InChI=1S/C55H105NO5/c1-4-7-10-13-16-19-22-24-26-28-29-32-34-37-40-43-46-51(61-55(60)48-45-42-39-36-33-30-27-25-23-20-17-14-11-8-5-2)49-54(59)56-52(50-57)53(58)47-44-41-38-35-31-21-18-15-12-9-6-3/h17,20,23,25,51-53,57-58H,4-16,18-19,21-22,24,26-50H2,1-3H3,(H,56,59)/b20-17+,25-23+. The summed E-state index contributed by atoms with van der Waals surface area (Å²) in [4.78, 5) is 26.2. The van der Waals surface area contributed by atoms with Gasteiger partial charge < -0.3 is 20.3 Å². The first-order valence-electron chi connectivity index (χ1n) is 27.1. The first-order valence-corrected chi connectivity index (χ1v) is 27.1. The first kappa shape index (κ1) is 59.3. The highest BCUT2D eigenvalue weighted by atomic mass is 16.5. The maximum atomic E-state index is 13.2. The van der Waals surface area contributed by atoms with Crippen LogP contribution in [0, 0.1) is 0 Å². The summed E-state index contributed by atoms with van der Waals surface area (Å²) in [6.45, 7) is 6.47. The molecule has 0 aromatic rings. The Hall–Kier alpha value is -1.66. The van der Waals surface area contributed by atoms with Gasteiger partial charge in [-0.05, 0) is 51.4 Å². The molecular formula is C55H105NO5. The molecule has 0 heterocycles. The van der Waals surface area contributed by atoms with Gasteiger partial charge in [0, 0.05) is 6.42 Å². The summed E-state index contributed by atoms with van der Waals surface area (Å²) in [6, 6.07) is -0.698. The van der Waals surface area contributed by atoms with E-state index in [1.807, 2.05) is 0 Å². The Kier molecular flexibility index (Phi) is 48.0. The number of esters is 1. The molecule has 0 aliphatic heterocycles. The molecule has 6 nitrogen and oxygen atoms in total. The van der Waals surface area contributed by atoms with Crippen LogP contribution in [0.1, 0.15) is 290 Å². The average molecular weight is 860 g/mol. The molecule has 0 saturated heterocycles. The minimum Gasteiger partial charge on any atom is -0.462 e. The molecule has 3 atom stereocenters. The topological polar surface area (TPSA) is 95.9 Å². The van der Waals surface area contributed by atoms with Crippen LogP contribution in [-0.4, -0.2) is 46.9 Å². The molecule has 1 amide bonds. The molecule has 0 rings (SSSR count). The van der Waals surface area contributed by atoms with Crippen LogP contribution in [0.4, 0.5) is 0 Å². The minimum absolute atomic E-state index is 0.0786. The lowest BCUT2D eigenvalue weighted by Crippen LogP contribution is -2.46. The number of carbonyl (C=O) groups excluding carboxylic acids is 2. The lowest BCUT2D eigenvalue weighted by atomic mass is 10.0. The van der Waals surface area contributed by atoms with Gasteiger partial charge in [0.25, 0.3) is 0 Å². The highest BCUT2D eigenvalue weighted by molar-refractivity contribution is 5.77. The van der Waals surface area contributed by atoms with Crippen molar-refractivity contribution in [2.75, 3.05) is 6.61 Å². The van der Waals surface area contributed by atoms with Crippen molar-refractivity contribution in [3.63, 3.8) is 0 Å². The molecule has 0 aliphatic carbocycles.